The summed E-state index contributed by atoms with van der Waals surface area (Å²) in [7, 11) is 0. The quantitative estimate of drug-likeness (QED) is 0.473. The average Bonchev–Trinajstić information content (AvgIpc) is 3.31. The molecule has 1 aliphatic carbocycles. The first-order valence-corrected chi connectivity index (χ1v) is 10.4. The maximum absolute atomic E-state index is 6.09. The summed E-state index contributed by atoms with van der Waals surface area (Å²) in [6.45, 7) is 4.79. The number of hydrogen-bond donors (Lipinski definition) is 2. The molecule has 30 heavy (non-hydrogen) atoms. The molecule has 0 spiro atoms. The van der Waals surface area contributed by atoms with Crippen LogP contribution in [0.4, 0.5) is 5.69 Å². The van der Waals surface area contributed by atoms with Crippen LogP contribution in [0.25, 0.3) is 5.57 Å². The van der Waals surface area contributed by atoms with Crippen LogP contribution in [0.3, 0.4) is 0 Å². The van der Waals surface area contributed by atoms with Gasteiger partial charge in [0.1, 0.15) is 5.76 Å². The van der Waals surface area contributed by atoms with Crippen molar-refractivity contribution in [2.24, 2.45) is 0 Å². The van der Waals surface area contributed by atoms with Gasteiger partial charge in [-0.25, -0.2) is 4.98 Å². The molecular formula is C26H27N3O. The fourth-order valence-corrected chi connectivity index (χ4v) is 3.58. The van der Waals surface area contributed by atoms with Crippen LogP contribution in [0.1, 0.15) is 29.7 Å². The van der Waals surface area contributed by atoms with Crippen molar-refractivity contribution >= 4 is 11.3 Å². The predicted octanol–water partition coefficient (Wildman–Crippen LogP) is 5.90. The minimum atomic E-state index is 0.640. The average molecular weight is 398 g/mol. The summed E-state index contributed by atoms with van der Waals surface area (Å²) in [6, 6.07) is 18.8. The Morgan fingerprint density at radius 1 is 1.07 bits per heavy atom. The van der Waals surface area contributed by atoms with Gasteiger partial charge in [0.2, 0.25) is 0 Å². The monoisotopic (exact) mass is 397 g/mol. The van der Waals surface area contributed by atoms with Crippen molar-refractivity contribution in [2.45, 2.75) is 25.7 Å². The molecule has 0 aliphatic heterocycles. The van der Waals surface area contributed by atoms with E-state index in [1.807, 2.05) is 12.3 Å². The largest absolute Gasteiger partial charge is 0.493 e. The molecule has 0 saturated heterocycles. The van der Waals surface area contributed by atoms with E-state index >= 15 is 0 Å². The number of hydrogen-bond acceptors (Lipinski definition) is 3. The number of nitrogens with zero attached hydrogens (tertiary/aromatic N) is 1. The number of rotatable bonds is 9. The molecule has 1 aliphatic rings. The number of ether oxygens (including phenoxy) is 1. The number of nitrogens with one attached hydrogen (secondary N) is 2. The Morgan fingerprint density at radius 3 is 2.67 bits per heavy atom. The number of allylic oxidation sites excluding steroid dienone is 4. The van der Waals surface area contributed by atoms with E-state index in [2.05, 4.69) is 82.5 Å². The molecule has 0 radical (unpaired) electrons. The van der Waals surface area contributed by atoms with Gasteiger partial charge in [-0.15, -0.1) is 0 Å². The van der Waals surface area contributed by atoms with Crippen LogP contribution in [0.2, 0.25) is 0 Å². The van der Waals surface area contributed by atoms with Crippen LogP contribution in [-0.4, -0.2) is 16.6 Å². The summed E-state index contributed by atoms with van der Waals surface area (Å²) < 4.78 is 6.09. The summed E-state index contributed by atoms with van der Waals surface area (Å²) in [5.41, 5.74) is 6.69. The molecule has 0 bridgehead atoms. The first-order valence-electron chi connectivity index (χ1n) is 10.4. The zero-order valence-electron chi connectivity index (χ0n) is 17.1. The minimum Gasteiger partial charge on any atom is -0.493 e. The van der Waals surface area contributed by atoms with Gasteiger partial charge >= 0.3 is 0 Å². The molecule has 4 nitrogen and oxygen atoms in total. The highest BCUT2D eigenvalue weighted by Gasteiger charge is 2.13. The van der Waals surface area contributed by atoms with Gasteiger partial charge in [-0.2, -0.15) is 0 Å². The van der Waals surface area contributed by atoms with Crippen molar-refractivity contribution in [3.8, 4) is 0 Å². The van der Waals surface area contributed by atoms with Gasteiger partial charge in [0.25, 0.3) is 0 Å². The molecule has 0 fully saturated rings. The fraction of sp³-hybridized carbons (Fsp3) is 0.192. The van der Waals surface area contributed by atoms with E-state index in [9.17, 15) is 0 Å². The van der Waals surface area contributed by atoms with Gasteiger partial charge in [-0.3, -0.25) is 0 Å². The zero-order valence-corrected chi connectivity index (χ0v) is 17.1. The number of H-pyrrole nitrogens is 1. The number of imidazole rings is 1. The Hall–Kier alpha value is -3.53. The number of aromatic amines is 1. The van der Waals surface area contributed by atoms with Crippen molar-refractivity contribution in [1.82, 2.24) is 9.97 Å². The lowest BCUT2D eigenvalue weighted by Crippen LogP contribution is -2.04. The van der Waals surface area contributed by atoms with Crippen molar-refractivity contribution in [3.63, 3.8) is 0 Å². The van der Waals surface area contributed by atoms with E-state index in [0.29, 0.717) is 6.61 Å². The molecule has 0 unspecified atom stereocenters. The third kappa shape index (κ3) is 5.29. The standard InChI is InChI=1S/C26H27N3O/c1-20(17-22-7-3-2-4-8-22)29-23-13-11-21(12-14-23)15-16-30-26-10-6-5-9-24(26)25-18-27-19-28-25/h2-4,6-8,10-14,18-19,29H,1,5,9,15-17H2,(H,27,28). The second-order valence-corrected chi connectivity index (χ2v) is 7.42. The summed E-state index contributed by atoms with van der Waals surface area (Å²) >= 11 is 0. The summed E-state index contributed by atoms with van der Waals surface area (Å²) in [5.74, 6) is 0.934. The van der Waals surface area contributed by atoms with E-state index in [4.69, 9.17) is 4.74 Å². The maximum Gasteiger partial charge on any atom is 0.124 e. The van der Waals surface area contributed by atoms with Crippen LogP contribution in [0.5, 0.6) is 0 Å². The van der Waals surface area contributed by atoms with E-state index in [0.717, 1.165) is 48.5 Å². The van der Waals surface area contributed by atoms with Crippen molar-refractivity contribution in [2.75, 3.05) is 11.9 Å². The third-order valence-electron chi connectivity index (χ3n) is 5.12. The van der Waals surface area contributed by atoms with E-state index < -0.39 is 0 Å². The van der Waals surface area contributed by atoms with Crippen LogP contribution in [-0.2, 0) is 17.6 Å². The minimum absolute atomic E-state index is 0.640. The molecule has 1 heterocycles. The molecule has 2 aromatic carbocycles. The lowest BCUT2D eigenvalue weighted by molar-refractivity contribution is 0.228. The Balaban J connectivity index is 1.29. The van der Waals surface area contributed by atoms with E-state index in [1.165, 1.54) is 16.7 Å². The SMILES string of the molecule is C=C(Cc1ccccc1)Nc1ccc(CCOC2=C(c3c[nH]cn3)CCC=C2)cc1. The highest BCUT2D eigenvalue weighted by molar-refractivity contribution is 5.67. The Bertz CT molecular complexity index is 1020. The lowest BCUT2D eigenvalue weighted by Gasteiger charge is -2.16. The molecule has 4 rings (SSSR count). The number of benzene rings is 2. The molecule has 0 saturated carbocycles. The molecule has 3 aromatic rings. The van der Waals surface area contributed by atoms with Gasteiger partial charge in [0.15, 0.2) is 0 Å². The highest BCUT2D eigenvalue weighted by atomic mass is 16.5. The predicted molar refractivity (Wildman–Crippen MR) is 123 cm³/mol. The normalized spacial score (nSPS) is 13.3. The molecule has 152 valence electrons. The summed E-state index contributed by atoms with van der Waals surface area (Å²) in [4.78, 5) is 7.40. The second kappa shape index (κ2) is 9.79. The van der Waals surface area contributed by atoms with Gasteiger partial charge in [0.05, 0.1) is 18.6 Å². The second-order valence-electron chi connectivity index (χ2n) is 7.42. The first kappa shape index (κ1) is 19.8. The molecular weight excluding hydrogens is 370 g/mol. The van der Waals surface area contributed by atoms with Gasteiger partial charge in [-0.05, 0) is 42.2 Å². The van der Waals surface area contributed by atoms with Gasteiger partial charge < -0.3 is 15.0 Å². The molecule has 4 heteroatoms. The topological polar surface area (TPSA) is 49.9 Å². The van der Waals surface area contributed by atoms with Crippen LogP contribution >= 0.6 is 0 Å². The molecule has 0 atom stereocenters. The zero-order chi connectivity index (χ0) is 20.6. The lowest BCUT2D eigenvalue weighted by atomic mass is 10.0. The van der Waals surface area contributed by atoms with Crippen molar-refractivity contribution < 1.29 is 4.74 Å². The van der Waals surface area contributed by atoms with Crippen molar-refractivity contribution in [1.29, 1.82) is 0 Å². The smallest absolute Gasteiger partial charge is 0.124 e. The van der Waals surface area contributed by atoms with Crippen LogP contribution in [0.15, 0.2) is 97.3 Å². The summed E-state index contributed by atoms with van der Waals surface area (Å²) in [5, 5.41) is 3.39. The van der Waals surface area contributed by atoms with Crippen LogP contribution in [0, 0.1) is 0 Å². The fourth-order valence-electron chi connectivity index (χ4n) is 3.58. The van der Waals surface area contributed by atoms with Gasteiger partial charge in [-0.1, -0.05) is 55.1 Å². The van der Waals surface area contributed by atoms with Gasteiger partial charge in [0, 0.05) is 36.0 Å². The Labute approximate surface area is 178 Å². The molecule has 1 aromatic heterocycles. The summed E-state index contributed by atoms with van der Waals surface area (Å²) in [6.07, 6.45) is 11.5. The van der Waals surface area contributed by atoms with Crippen molar-refractivity contribution in [3.05, 3.63) is 114 Å². The maximum atomic E-state index is 6.09. The van der Waals surface area contributed by atoms with Crippen LogP contribution < -0.4 is 5.32 Å². The number of aromatic nitrogens is 2. The molecule has 0 amide bonds. The highest BCUT2D eigenvalue weighted by Crippen LogP contribution is 2.27. The Kier molecular flexibility index (Phi) is 6.45. The molecule has 2 N–H and O–H groups in total. The number of anilines is 1. The van der Waals surface area contributed by atoms with E-state index in [1.54, 1.807) is 6.33 Å². The Morgan fingerprint density at radius 2 is 1.90 bits per heavy atom. The third-order valence-corrected chi connectivity index (χ3v) is 5.12. The van der Waals surface area contributed by atoms with E-state index in [-0.39, 0.29) is 0 Å². The first-order chi connectivity index (χ1) is 14.8.